The van der Waals surface area contributed by atoms with E-state index < -0.39 is 24.6 Å². The zero-order valence-corrected chi connectivity index (χ0v) is 5.61. The van der Waals surface area contributed by atoms with E-state index in [4.69, 9.17) is 5.11 Å². The lowest BCUT2D eigenvalue weighted by atomic mass is 10.3. The number of alkyl halides is 6. The first-order chi connectivity index (χ1) is 5.61. The Hall–Kier alpha value is -0.990. The van der Waals surface area contributed by atoms with Crippen molar-refractivity contribution in [1.29, 1.82) is 0 Å². The minimum atomic E-state index is -6.06. The Balaban J connectivity index is 4.85. The van der Waals surface area contributed by atoms with Gasteiger partial charge in [-0.3, -0.25) is 4.74 Å². The maximum atomic E-state index is 12.2. The van der Waals surface area contributed by atoms with Gasteiger partial charge in [0.25, 0.3) is 0 Å². The van der Waals surface area contributed by atoms with Crippen LogP contribution in [0.15, 0.2) is 0 Å². The van der Waals surface area contributed by atoms with Crippen molar-refractivity contribution in [2.24, 2.45) is 0 Å². The van der Waals surface area contributed by atoms with Gasteiger partial charge in [0, 0.05) is 0 Å². The molecule has 0 radical (unpaired) electrons. The molecule has 9 heteroatoms. The molecule has 0 aromatic heterocycles. The molecule has 0 saturated carbocycles. The highest BCUT2D eigenvalue weighted by Gasteiger charge is 2.65. The van der Waals surface area contributed by atoms with Crippen LogP contribution in [0.1, 0.15) is 0 Å². The molecule has 0 saturated heterocycles. The molecule has 0 rings (SSSR count). The third-order valence-electron chi connectivity index (χ3n) is 0.891. The van der Waals surface area contributed by atoms with Gasteiger partial charge in [0.2, 0.25) is 0 Å². The number of hydrogen-bond donors (Lipinski definition) is 1. The average Bonchev–Trinajstić information content (AvgIpc) is 1.82. The number of halogens is 6. The fraction of sp³-hybridized carbons (Fsp3) is 0.750. The van der Waals surface area contributed by atoms with Crippen molar-refractivity contribution in [3.05, 3.63) is 0 Å². The van der Waals surface area contributed by atoms with Crippen LogP contribution in [0, 0.1) is 0 Å². The highest BCUT2D eigenvalue weighted by Crippen LogP contribution is 2.36. The molecule has 3 nitrogen and oxygen atoms in total. The van der Waals surface area contributed by atoms with Crippen molar-refractivity contribution in [3.8, 4) is 0 Å². The molecule has 0 aromatic carbocycles. The third kappa shape index (κ3) is 2.47. The molecule has 78 valence electrons. The van der Waals surface area contributed by atoms with Crippen LogP contribution in [0.5, 0.6) is 0 Å². The number of aliphatic carboxylic acids is 1. The first-order valence-electron chi connectivity index (χ1n) is 2.56. The number of carbonyl (C=O) groups is 1. The highest BCUT2D eigenvalue weighted by atomic mass is 19.4. The van der Waals surface area contributed by atoms with Crippen LogP contribution in [0.25, 0.3) is 0 Å². The fourth-order valence-electron chi connectivity index (χ4n) is 0.361. The Kier molecular flexibility index (Phi) is 3.14. The van der Waals surface area contributed by atoms with Gasteiger partial charge in [-0.15, -0.1) is 0 Å². The molecule has 0 heterocycles. The minimum Gasteiger partial charge on any atom is -0.477 e. The number of carboxylic acid groups (broad SMARTS) is 1. The average molecular weight is 212 g/mol. The Morgan fingerprint density at radius 1 is 1.23 bits per heavy atom. The summed E-state index contributed by atoms with van der Waals surface area (Å²) in [5, 5.41) is 7.66. The summed E-state index contributed by atoms with van der Waals surface area (Å²) >= 11 is 0. The van der Waals surface area contributed by atoms with E-state index in [1.165, 1.54) is 0 Å². The van der Waals surface area contributed by atoms with Crippen LogP contribution in [-0.4, -0.2) is 29.7 Å². The molecule has 0 spiro atoms. The van der Waals surface area contributed by atoms with Gasteiger partial charge in [0.05, 0.1) is 0 Å². The molecule has 1 unspecified atom stereocenters. The maximum absolute atomic E-state index is 12.2. The zero-order valence-electron chi connectivity index (χ0n) is 5.61. The zero-order chi connectivity index (χ0) is 10.9. The highest BCUT2D eigenvalue weighted by molar-refractivity contribution is 5.76. The predicted octanol–water partition coefficient (Wildman–Crippen LogP) is 1.54. The van der Waals surface area contributed by atoms with Crippen molar-refractivity contribution in [2.45, 2.75) is 18.6 Å². The molecule has 1 N–H and O–H groups in total. The Bertz CT molecular complexity index is 201. The molecule has 0 aromatic rings. The second kappa shape index (κ2) is 3.40. The van der Waals surface area contributed by atoms with Crippen LogP contribution in [0.4, 0.5) is 26.3 Å². The van der Waals surface area contributed by atoms with E-state index in [0.29, 0.717) is 0 Å². The van der Waals surface area contributed by atoms with Gasteiger partial charge in [-0.25, -0.2) is 4.79 Å². The molecular formula is C4H2F6O3. The maximum Gasteiger partial charge on any atom is 0.460 e. The molecule has 1 atom stereocenters. The van der Waals surface area contributed by atoms with E-state index >= 15 is 0 Å². The Morgan fingerprint density at radius 3 is 1.69 bits per heavy atom. The normalized spacial score (nSPS) is 17.2. The second-order valence-electron chi connectivity index (χ2n) is 1.78. The minimum absolute atomic E-state index is 2.34. The standard InChI is InChI=1S/C4H2F6O3/c5-2(6)13-3(7,1(11)12)4(8,9)10/h2H,(H,11,12). The summed E-state index contributed by atoms with van der Waals surface area (Å²) in [6, 6.07) is 0. The van der Waals surface area contributed by atoms with E-state index in [9.17, 15) is 31.1 Å². The molecule has 13 heavy (non-hydrogen) atoms. The van der Waals surface area contributed by atoms with Gasteiger partial charge in [0.15, 0.2) is 0 Å². The van der Waals surface area contributed by atoms with Gasteiger partial charge in [-0.1, -0.05) is 0 Å². The van der Waals surface area contributed by atoms with E-state index in [-0.39, 0.29) is 0 Å². The van der Waals surface area contributed by atoms with Gasteiger partial charge < -0.3 is 5.11 Å². The van der Waals surface area contributed by atoms with Crippen molar-refractivity contribution in [1.82, 2.24) is 0 Å². The second-order valence-corrected chi connectivity index (χ2v) is 1.78. The van der Waals surface area contributed by atoms with Gasteiger partial charge in [-0.05, 0) is 0 Å². The van der Waals surface area contributed by atoms with Gasteiger partial charge in [0.1, 0.15) is 0 Å². The monoisotopic (exact) mass is 212 g/mol. The van der Waals surface area contributed by atoms with Crippen LogP contribution >= 0.6 is 0 Å². The lowest BCUT2D eigenvalue weighted by Crippen LogP contribution is -2.51. The van der Waals surface area contributed by atoms with Crippen LogP contribution in [-0.2, 0) is 9.53 Å². The van der Waals surface area contributed by atoms with Crippen molar-refractivity contribution in [2.75, 3.05) is 0 Å². The summed E-state index contributed by atoms with van der Waals surface area (Å²) < 4.78 is 71.5. The number of rotatable bonds is 3. The van der Waals surface area contributed by atoms with E-state index in [1.54, 1.807) is 0 Å². The number of ether oxygens (including phenoxy) is 1. The molecule has 0 bridgehead atoms. The smallest absolute Gasteiger partial charge is 0.460 e. The molecule has 0 amide bonds. The SMILES string of the molecule is O=C(O)C(F)(OC(F)F)C(F)(F)F. The van der Waals surface area contributed by atoms with Crippen molar-refractivity contribution < 1.29 is 41.0 Å². The third-order valence-corrected chi connectivity index (χ3v) is 0.891. The fourth-order valence-corrected chi connectivity index (χ4v) is 0.361. The summed E-state index contributed by atoms with van der Waals surface area (Å²) in [4.78, 5) is 9.65. The first kappa shape index (κ1) is 12.0. The van der Waals surface area contributed by atoms with Gasteiger partial charge in [-0.2, -0.15) is 26.3 Å². The number of hydrogen-bond acceptors (Lipinski definition) is 2. The summed E-state index contributed by atoms with van der Waals surface area (Å²) in [5.41, 5.74) is 0. The number of carboxylic acids is 1. The molecule has 0 aliphatic rings. The topological polar surface area (TPSA) is 46.5 Å². The Morgan fingerprint density at radius 2 is 1.62 bits per heavy atom. The van der Waals surface area contributed by atoms with Crippen molar-refractivity contribution in [3.63, 3.8) is 0 Å². The summed E-state index contributed by atoms with van der Waals surface area (Å²) in [7, 11) is 0. The van der Waals surface area contributed by atoms with Crippen LogP contribution < -0.4 is 0 Å². The van der Waals surface area contributed by atoms with E-state index in [2.05, 4.69) is 4.74 Å². The predicted molar refractivity (Wildman–Crippen MR) is 24.6 cm³/mol. The molecule has 0 aliphatic heterocycles. The summed E-state index contributed by atoms with van der Waals surface area (Å²) in [6.07, 6.45) is -6.06. The summed E-state index contributed by atoms with van der Waals surface area (Å²) in [5.74, 6) is -8.55. The Labute approximate surface area is 66.9 Å². The van der Waals surface area contributed by atoms with Gasteiger partial charge >= 0.3 is 24.6 Å². The largest absolute Gasteiger partial charge is 0.477 e. The quantitative estimate of drug-likeness (QED) is 0.721. The van der Waals surface area contributed by atoms with E-state index in [1.807, 2.05) is 0 Å². The molecule has 0 fully saturated rings. The summed E-state index contributed by atoms with van der Waals surface area (Å²) in [6.45, 7) is -4.18. The van der Waals surface area contributed by atoms with Crippen LogP contribution in [0.3, 0.4) is 0 Å². The van der Waals surface area contributed by atoms with Crippen molar-refractivity contribution >= 4 is 5.97 Å². The lowest BCUT2D eigenvalue weighted by Gasteiger charge is -2.22. The first-order valence-corrected chi connectivity index (χ1v) is 2.56. The molecular weight excluding hydrogens is 210 g/mol. The lowest BCUT2D eigenvalue weighted by molar-refractivity contribution is -0.362. The molecule has 0 aliphatic carbocycles. The van der Waals surface area contributed by atoms with E-state index in [0.717, 1.165) is 0 Å². The van der Waals surface area contributed by atoms with Crippen LogP contribution in [0.2, 0.25) is 0 Å².